The van der Waals surface area contributed by atoms with E-state index in [0.717, 1.165) is 12.8 Å². The van der Waals surface area contributed by atoms with Crippen LogP contribution in [0.15, 0.2) is 6.20 Å². The number of nitrogens with zero attached hydrogens (tertiary/aromatic N) is 1. The summed E-state index contributed by atoms with van der Waals surface area (Å²) in [7, 11) is 0. The standard InChI is InChI=1S/C13H15Cl3N2O3/c1-3-4-7(2)18-9(19)6-21-13(20)12-11(16)10(15)8(14)5-17-12/h5,7H,3-4,6H2,1-2H3,(H,18,19)/t7-/m0/s1. The lowest BCUT2D eigenvalue weighted by Crippen LogP contribution is -2.35. The van der Waals surface area contributed by atoms with E-state index in [1.165, 1.54) is 6.20 Å². The molecule has 0 saturated heterocycles. The summed E-state index contributed by atoms with van der Waals surface area (Å²) >= 11 is 17.4. The van der Waals surface area contributed by atoms with Crippen molar-refractivity contribution in [3.63, 3.8) is 0 Å². The van der Waals surface area contributed by atoms with Crippen molar-refractivity contribution >= 4 is 46.7 Å². The highest BCUT2D eigenvalue weighted by atomic mass is 35.5. The van der Waals surface area contributed by atoms with E-state index in [4.69, 9.17) is 39.5 Å². The van der Waals surface area contributed by atoms with Gasteiger partial charge in [0.25, 0.3) is 5.91 Å². The van der Waals surface area contributed by atoms with Crippen molar-refractivity contribution < 1.29 is 14.3 Å². The Bertz CT molecular complexity index is 538. The lowest BCUT2D eigenvalue weighted by Gasteiger charge is -2.12. The molecule has 0 fully saturated rings. The molecule has 0 aliphatic heterocycles. The number of hydrogen-bond acceptors (Lipinski definition) is 4. The van der Waals surface area contributed by atoms with Crippen LogP contribution in [0.3, 0.4) is 0 Å². The molecule has 1 amide bonds. The molecule has 5 nitrogen and oxygen atoms in total. The van der Waals surface area contributed by atoms with Gasteiger partial charge in [-0.3, -0.25) is 4.79 Å². The van der Waals surface area contributed by atoms with Crippen LogP contribution in [-0.2, 0) is 9.53 Å². The average molecular weight is 354 g/mol. The van der Waals surface area contributed by atoms with Gasteiger partial charge in [-0.25, -0.2) is 9.78 Å². The zero-order chi connectivity index (χ0) is 16.0. The molecule has 116 valence electrons. The molecule has 0 spiro atoms. The first-order valence-electron chi connectivity index (χ1n) is 6.32. The maximum Gasteiger partial charge on any atom is 0.359 e. The Labute approximate surface area is 137 Å². The third-order valence-corrected chi connectivity index (χ3v) is 3.81. The number of amides is 1. The summed E-state index contributed by atoms with van der Waals surface area (Å²) in [6.07, 6.45) is 2.99. The molecule has 1 rings (SSSR count). The number of rotatable bonds is 6. The first-order valence-corrected chi connectivity index (χ1v) is 7.46. The van der Waals surface area contributed by atoms with Crippen LogP contribution < -0.4 is 5.32 Å². The normalized spacial score (nSPS) is 11.9. The lowest BCUT2D eigenvalue weighted by atomic mass is 10.2. The summed E-state index contributed by atoms with van der Waals surface area (Å²) in [5.41, 5.74) is -0.180. The van der Waals surface area contributed by atoms with Gasteiger partial charge in [0, 0.05) is 12.2 Å². The largest absolute Gasteiger partial charge is 0.451 e. The van der Waals surface area contributed by atoms with E-state index in [-0.39, 0.29) is 32.7 Å². The van der Waals surface area contributed by atoms with Crippen molar-refractivity contribution in [2.75, 3.05) is 6.61 Å². The first kappa shape index (κ1) is 18.0. The molecular weight excluding hydrogens is 339 g/mol. The fourth-order valence-corrected chi connectivity index (χ4v) is 2.16. The number of aromatic nitrogens is 1. The van der Waals surface area contributed by atoms with Crippen LogP contribution in [0.1, 0.15) is 37.2 Å². The molecule has 0 unspecified atom stereocenters. The summed E-state index contributed by atoms with van der Waals surface area (Å²) in [6, 6.07) is 0.0212. The number of carbonyl (C=O) groups is 2. The van der Waals surface area contributed by atoms with Gasteiger partial charge in [0.05, 0.1) is 15.1 Å². The van der Waals surface area contributed by atoms with Crippen molar-refractivity contribution in [3.05, 3.63) is 27.0 Å². The van der Waals surface area contributed by atoms with E-state index in [1.807, 2.05) is 13.8 Å². The third-order valence-electron chi connectivity index (χ3n) is 2.57. The summed E-state index contributed by atoms with van der Waals surface area (Å²) in [6.45, 7) is 3.48. The maximum atomic E-state index is 11.8. The second-order valence-corrected chi connectivity index (χ2v) is 5.58. The number of esters is 1. The van der Waals surface area contributed by atoms with E-state index < -0.39 is 12.6 Å². The van der Waals surface area contributed by atoms with E-state index >= 15 is 0 Å². The van der Waals surface area contributed by atoms with Gasteiger partial charge in [-0.05, 0) is 13.3 Å². The Morgan fingerprint density at radius 1 is 1.33 bits per heavy atom. The maximum absolute atomic E-state index is 11.8. The summed E-state index contributed by atoms with van der Waals surface area (Å²) in [5, 5.41) is 2.75. The van der Waals surface area contributed by atoms with Crippen molar-refractivity contribution in [2.24, 2.45) is 0 Å². The second kappa shape index (κ2) is 8.41. The molecule has 1 aromatic heterocycles. The molecule has 0 bridgehead atoms. The predicted molar refractivity (Wildman–Crippen MR) is 82.1 cm³/mol. The van der Waals surface area contributed by atoms with E-state index in [9.17, 15) is 9.59 Å². The molecule has 0 radical (unpaired) electrons. The molecule has 1 aromatic rings. The van der Waals surface area contributed by atoms with Crippen LogP contribution in [0.2, 0.25) is 15.1 Å². The SMILES string of the molecule is CCC[C@H](C)NC(=O)COC(=O)c1ncc(Cl)c(Cl)c1Cl. The Balaban J connectivity index is 2.59. The van der Waals surface area contributed by atoms with Gasteiger partial charge >= 0.3 is 5.97 Å². The fraction of sp³-hybridized carbons (Fsp3) is 0.462. The lowest BCUT2D eigenvalue weighted by molar-refractivity contribution is -0.124. The summed E-state index contributed by atoms with van der Waals surface area (Å²) in [4.78, 5) is 27.1. The Kier molecular flexibility index (Phi) is 7.22. The van der Waals surface area contributed by atoms with Crippen LogP contribution in [0.5, 0.6) is 0 Å². The summed E-state index contributed by atoms with van der Waals surface area (Å²) < 4.78 is 4.84. The number of carbonyl (C=O) groups excluding carboxylic acids is 2. The topological polar surface area (TPSA) is 68.3 Å². The first-order chi connectivity index (χ1) is 9.86. The van der Waals surface area contributed by atoms with Crippen molar-refractivity contribution in [1.82, 2.24) is 10.3 Å². The Morgan fingerprint density at radius 2 is 2.00 bits per heavy atom. The molecule has 0 aromatic carbocycles. The highest BCUT2D eigenvalue weighted by molar-refractivity contribution is 6.48. The summed E-state index contributed by atoms with van der Waals surface area (Å²) in [5.74, 6) is -1.22. The van der Waals surface area contributed by atoms with Gasteiger partial charge in [0.2, 0.25) is 0 Å². The molecule has 8 heteroatoms. The van der Waals surface area contributed by atoms with Gasteiger partial charge in [-0.2, -0.15) is 0 Å². The predicted octanol–water partition coefficient (Wildman–Crippen LogP) is 3.50. The zero-order valence-corrected chi connectivity index (χ0v) is 13.8. The minimum absolute atomic E-state index is 0.0151. The number of halogens is 3. The number of hydrogen-bond donors (Lipinski definition) is 1. The highest BCUT2D eigenvalue weighted by Crippen LogP contribution is 2.31. The molecule has 0 aliphatic rings. The molecule has 1 atom stereocenters. The second-order valence-electron chi connectivity index (χ2n) is 4.42. The minimum atomic E-state index is -0.836. The van der Waals surface area contributed by atoms with Crippen molar-refractivity contribution in [2.45, 2.75) is 32.7 Å². The zero-order valence-electron chi connectivity index (χ0n) is 11.6. The van der Waals surface area contributed by atoms with E-state index in [1.54, 1.807) is 0 Å². The third kappa shape index (κ3) is 5.34. The van der Waals surface area contributed by atoms with Gasteiger partial charge in [0.15, 0.2) is 12.3 Å². The minimum Gasteiger partial charge on any atom is -0.451 e. The number of ether oxygens (including phenoxy) is 1. The monoisotopic (exact) mass is 352 g/mol. The number of nitrogens with one attached hydrogen (secondary N) is 1. The van der Waals surface area contributed by atoms with Crippen LogP contribution in [-0.4, -0.2) is 29.5 Å². The Morgan fingerprint density at radius 3 is 2.62 bits per heavy atom. The smallest absolute Gasteiger partial charge is 0.359 e. The molecule has 1 heterocycles. The average Bonchev–Trinajstić information content (AvgIpc) is 2.42. The highest BCUT2D eigenvalue weighted by Gasteiger charge is 2.19. The molecule has 21 heavy (non-hydrogen) atoms. The molecule has 0 aliphatic carbocycles. The van der Waals surface area contributed by atoms with Crippen LogP contribution in [0.4, 0.5) is 0 Å². The van der Waals surface area contributed by atoms with E-state index in [2.05, 4.69) is 10.3 Å². The van der Waals surface area contributed by atoms with Crippen molar-refractivity contribution in [1.29, 1.82) is 0 Å². The van der Waals surface area contributed by atoms with Gasteiger partial charge in [0.1, 0.15) is 0 Å². The molecule has 1 N–H and O–H groups in total. The van der Waals surface area contributed by atoms with Crippen LogP contribution >= 0.6 is 34.8 Å². The molecular formula is C13H15Cl3N2O3. The quantitative estimate of drug-likeness (QED) is 0.795. The van der Waals surface area contributed by atoms with Gasteiger partial charge in [-0.15, -0.1) is 0 Å². The van der Waals surface area contributed by atoms with Crippen LogP contribution in [0.25, 0.3) is 0 Å². The van der Waals surface area contributed by atoms with E-state index in [0.29, 0.717) is 0 Å². The van der Waals surface area contributed by atoms with Gasteiger partial charge in [-0.1, -0.05) is 48.1 Å². The number of pyridine rings is 1. The Hall–Kier alpha value is -1.04. The fourth-order valence-electron chi connectivity index (χ4n) is 1.61. The van der Waals surface area contributed by atoms with Crippen LogP contribution in [0, 0.1) is 0 Å². The molecule has 0 saturated carbocycles. The van der Waals surface area contributed by atoms with Gasteiger partial charge < -0.3 is 10.1 Å². The van der Waals surface area contributed by atoms with Crippen molar-refractivity contribution in [3.8, 4) is 0 Å².